The van der Waals surface area contributed by atoms with Gasteiger partial charge in [0.15, 0.2) is 0 Å². The number of para-hydroxylation sites is 1. The fraction of sp³-hybridized carbons (Fsp3) is 0.379. The van der Waals surface area contributed by atoms with Gasteiger partial charge in [0.1, 0.15) is 12.5 Å². The van der Waals surface area contributed by atoms with E-state index >= 15 is 0 Å². The second-order valence-electron chi connectivity index (χ2n) is 10.1. The molecule has 1 N–H and O–H groups in total. The van der Waals surface area contributed by atoms with Crippen molar-refractivity contribution in [2.24, 2.45) is 5.92 Å². The summed E-state index contributed by atoms with van der Waals surface area (Å²) in [6.45, 7) is 7.54. The molecule has 4 unspecified atom stereocenters. The lowest BCUT2D eigenvalue weighted by atomic mass is 9.85. The number of hydrogen-bond donors (Lipinski definition) is 1. The second kappa shape index (κ2) is 7.09. The van der Waals surface area contributed by atoms with Gasteiger partial charge in [0.2, 0.25) is 0 Å². The van der Waals surface area contributed by atoms with Gasteiger partial charge < -0.3 is 19.5 Å². The van der Waals surface area contributed by atoms with E-state index in [1.165, 1.54) is 56.3 Å². The molecule has 1 aromatic heterocycles. The van der Waals surface area contributed by atoms with Crippen LogP contribution in [-0.2, 0) is 11.3 Å². The SMILES string of the molecule is C=Cc1c2c3c4c(c1CNC)c1ccccc1n4C1CCC(C)CC(O1)N3C1=CC=CCC12. The van der Waals surface area contributed by atoms with Gasteiger partial charge in [0.05, 0.1) is 16.7 Å². The third-order valence-corrected chi connectivity index (χ3v) is 8.26. The topological polar surface area (TPSA) is 29.4 Å². The summed E-state index contributed by atoms with van der Waals surface area (Å²) in [5, 5.41) is 6.16. The number of hydrogen-bond acceptors (Lipinski definition) is 3. The van der Waals surface area contributed by atoms with Crippen LogP contribution in [0, 0.1) is 5.92 Å². The van der Waals surface area contributed by atoms with Gasteiger partial charge in [-0.05, 0) is 67.5 Å². The van der Waals surface area contributed by atoms with E-state index in [-0.39, 0.29) is 12.5 Å². The average Bonchev–Trinajstić information content (AvgIpc) is 3.23. The number of aromatic nitrogens is 1. The van der Waals surface area contributed by atoms with Gasteiger partial charge in [-0.1, -0.05) is 49.9 Å². The first-order valence-corrected chi connectivity index (χ1v) is 12.4. The predicted molar refractivity (Wildman–Crippen MR) is 136 cm³/mol. The Hall–Kier alpha value is -2.82. The molecule has 0 spiro atoms. The van der Waals surface area contributed by atoms with Crippen molar-refractivity contribution < 1.29 is 4.74 Å². The molecule has 2 aromatic carbocycles. The third-order valence-electron chi connectivity index (χ3n) is 8.26. The number of benzene rings is 2. The number of nitrogens with zero attached hydrogens (tertiary/aromatic N) is 2. The van der Waals surface area contributed by atoms with Crippen molar-refractivity contribution in [3.8, 4) is 0 Å². The molecule has 2 bridgehead atoms. The molecule has 4 aliphatic rings. The van der Waals surface area contributed by atoms with Crippen LogP contribution in [0.25, 0.3) is 27.9 Å². The minimum atomic E-state index is 0.0623. The first-order chi connectivity index (χ1) is 16.2. The molecule has 3 aromatic rings. The molecule has 0 saturated carbocycles. The molecule has 0 radical (unpaired) electrons. The number of allylic oxidation sites excluding steroid dienone is 4. The summed E-state index contributed by atoms with van der Waals surface area (Å²) in [4.78, 5) is 2.58. The first kappa shape index (κ1) is 19.6. The average molecular weight is 438 g/mol. The molecule has 4 atom stereocenters. The van der Waals surface area contributed by atoms with Gasteiger partial charge in [-0.2, -0.15) is 0 Å². The zero-order valence-electron chi connectivity index (χ0n) is 19.5. The summed E-state index contributed by atoms with van der Waals surface area (Å²) in [5.74, 6) is 1.01. The predicted octanol–water partition coefficient (Wildman–Crippen LogP) is 6.58. The highest BCUT2D eigenvalue weighted by molar-refractivity contribution is 6.17. The Morgan fingerprint density at radius 1 is 1.21 bits per heavy atom. The quantitative estimate of drug-likeness (QED) is 0.502. The van der Waals surface area contributed by atoms with E-state index in [1.807, 2.05) is 7.05 Å². The summed E-state index contributed by atoms with van der Waals surface area (Å²) in [7, 11) is 2.05. The van der Waals surface area contributed by atoms with Crippen LogP contribution in [0.5, 0.6) is 0 Å². The number of ether oxygens (including phenoxy) is 1. The van der Waals surface area contributed by atoms with Gasteiger partial charge in [-0.15, -0.1) is 0 Å². The molecular formula is C29H31N3O. The molecule has 4 nitrogen and oxygen atoms in total. The zero-order chi connectivity index (χ0) is 22.3. The standard InChI is InChI=1S/C29H31N3O/c1-4-18-21(16-30-3)27-20-10-6-7-11-22(20)31-24-14-13-17(2)15-25(33-24)32-23-12-8-5-9-19(23)26(18)28(32)29(27)31/h4-8,10-12,17,19,24-25,30H,1,9,13-16H2,2-3H3. The lowest BCUT2D eigenvalue weighted by Gasteiger charge is -2.32. The smallest absolute Gasteiger partial charge is 0.137 e. The van der Waals surface area contributed by atoms with Crippen molar-refractivity contribution >= 4 is 33.6 Å². The minimum Gasteiger partial charge on any atom is -0.335 e. The van der Waals surface area contributed by atoms with Crippen LogP contribution in [0.15, 0.2) is 54.8 Å². The van der Waals surface area contributed by atoms with Crippen LogP contribution in [0.1, 0.15) is 61.4 Å². The van der Waals surface area contributed by atoms with Crippen LogP contribution < -0.4 is 10.2 Å². The van der Waals surface area contributed by atoms with Gasteiger partial charge in [0.25, 0.3) is 0 Å². The molecule has 1 saturated heterocycles. The van der Waals surface area contributed by atoms with Gasteiger partial charge in [-0.25, -0.2) is 0 Å². The summed E-state index contributed by atoms with van der Waals surface area (Å²) in [6.07, 6.45) is 13.5. The first-order valence-electron chi connectivity index (χ1n) is 12.4. The highest BCUT2D eigenvalue weighted by Gasteiger charge is 2.46. The van der Waals surface area contributed by atoms with Crippen molar-refractivity contribution in [2.45, 2.75) is 57.5 Å². The van der Waals surface area contributed by atoms with E-state index < -0.39 is 0 Å². The fourth-order valence-corrected chi connectivity index (χ4v) is 6.96. The summed E-state index contributed by atoms with van der Waals surface area (Å²) in [5.41, 5.74) is 9.55. The second-order valence-corrected chi connectivity index (χ2v) is 10.1. The van der Waals surface area contributed by atoms with E-state index in [2.05, 4.69) is 76.9 Å². The maximum Gasteiger partial charge on any atom is 0.137 e. The molecular weight excluding hydrogens is 406 g/mol. The Labute approximate surface area is 195 Å². The maximum absolute atomic E-state index is 7.02. The Kier molecular flexibility index (Phi) is 4.22. The number of rotatable bonds is 3. The molecule has 1 aliphatic carbocycles. The molecule has 7 rings (SSSR count). The van der Waals surface area contributed by atoms with E-state index in [0.717, 1.165) is 25.8 Å². The van der Waals surface area contributed by atoms with Crippen molar-refractivity contribution in [2.75, 3.05) is 11.9 Å². The van der Waals surface area contributed by atoms with E-state index in [4.69, 9.17) is 4.74 Å². The number of nitrogens with one attached hydrogen (secondary N) is 1. The molecule has 33 heavy (non-hydrogen) atoms. The molecule has 1 fully saturated rings. The molecule has 4 heterocycles. The number of fused-ring (bicyclic) bond motifs is 10. The van der Waals surface area contributed by atoms with Gasteiger partial charge in [-0.3, -0.25) is 0 Å². The molecule has 168 valence electrons. The number of anilines is 1. The normalized spacial score (nSPS) is 27.5. The Bertz CT molecular complexity index is 1380. The monoisotopic (exact) mass is 437 g/mol. The Morgan fingerprint density at radius 3 is 2.94 bits per heavy atom. The van der Waals surface area contributed by atoms with E-state index in [1.54, 1.807) is 0 Å². The Balaban J connectivity index is 1.71. The van der Waals surface area contributed by atoms with Crippen LogP contribution in [0.4, 0.5) is 5.69 Å². The largest absolute Gasteiger partial charge is 0.335 e. The van der Waals surface area contributed by atoms with Crippen molar-refractivity contribution in [3.63, 3.8) is 0 Å². The molecule has 4 heteroatoms. The van der Waals surface area contributed by atoms with Gasteiger partial charge >= 0.3 is 0 Å². The van der Waals surface area contributed by atoms with Crippen molar-refractivity contribution in [1.29, 1.82) is 0 Å². The summed E-state index contributed by atoms with van der Waals surface area (Å²) < 4.78 is 9.57. The molecule has 3 aliphatic heterocycles. The lowest BCUT2D eigenvalue weighted by Crippen LogP contribution is -2.36. The van der Waals surface area contributed by atoms with Gasteiger partial charge in [0, 0.05) is 28.9 Å². The third kappa shape index (κ3) is 2.48. The van der Waals surface area contributed by atoms with Crippen molar-refractivity contribution in [1.82, 2.24) is 9.88 Å². The van der Waals surface area contributed by atoms with E-state index in [0.29, 0.717) is 11.8 Å². The van der Waals surface area contributed by atoms with Crippen LogP contribution in [-0.4, -0.2) is 17.8 Å². The maximum atomic E-state index is 7.02. The zero-order valence-corrected chi connectivity index (χ0v) is 19.5. The lowest BCUT2D eigenvalue weighted by molar-refractivity contribution is -0.0415. The Morgan fingerprint density at radius 2 is 2.09 bits per heavy atom. The van der Waals surface area contributed by atoms with Crippen molar-refractivity contribution in [3.05, 3.63) is 71.5 Å². The highest BCUT2D eigenvalue weighted by atomic mass is 16.5. The molecule has 0 amide bonds. The van der Waals surface area contributed by atoms with Crippen LogP contribution in [0.2, 0.25) is 0 Å². The van der Waals surface area contributed by atoms with Crippen LogP contribution in [0.3, 0.4) is 0 Å². The summed E-state index contributed by atoms with van der Waals surface area (Å²) >= 11 is 0. The fourth-order valence-electron chi connectivity index (χ4n) is 6.96. The van der Waals surface area contributed by atoms with E-state index in [9.17, 15) is 0 Å². The highest BCUT2D eigenvalue weighted by Crippen LogP contribution is 2.58. The summed E-state index contributed by atoms with van der Waals surface area (Å²) in [6, 6.07) is 8.91. The van der Waals surface area contributed by atoms with Crippen LogP contribution >= 0.6 is 0 Å². The minimum absolute atomic E-state index is 0.0623.